The number of benzene rings is 1. The lowest BCUT2D eigenvalue weighted by molar-refractivity contribution is 0.582. The summed E-state index contributed by atoms with van der Waals surface area (Å²) in [7, 11) is 0. The highest BCUT2D eigenvalue weighted by Gasteiger charge is 2.15. The van der Waals surface area contributed by atoms with Gasteiger partial charge in [0.2, 0.25) is 0 Å². The zero-order valence-electron chi connectivity index (χ0n) is 11.0. The highest BCUT2D eigenvalue weighted by molar-refractivity contribution is 7.99. The second-order valence-corrected chi connectivity index (χ2v) is 5.96. The second kappa shape index (κ2) is 6.98. The van der Waals surface area contributed by atoms with Crippen molar-refractivity contribution in [3.8, 4) is 0 Å². The number of nitrogens with one attached hydrogen (secondary N) is 1. The van der Waals surface area contributed by atoms with Gasteiger partial charge in [-0.1, -0.05) is 29.3 Å². The normalized spacial score (nSPS) is 17.3. The first-order chi connectivity index (χ1) is 8.79. The van der Waals surface area contributed by atoms with Crippen LogP contribution in [0.5, 0.6) is 0 Å². The van der Waals surface area contributed by atoms with Crippen LogP contribution in [0.1, 0.15) is 31.2 Å². The quantitative estimate of drug-likeness (QED) is 0.369. The van der Waals surface area contributed by atoms with Crippen molar-refractivity contribution in [2.24, 2.45) is 5.84 Å². The van der Waals surface area contributed by atoms with Gasteiger partial charge < -0.3 is 0 Å². The van der Waals surface area contributed by atoms with Gasteiger partial charge in [-0.15, -0.1) is 11.8 Å². The maximum absolute atomic E-state index is 5.69. The van der Waals surface area contributed by atoms with Gasteiger partial charge in [-0.3, -0.25) is 11.3 Å². The molecule has 98 valence electrons. The van der Waals surface area contributed by atoms with Crippen LogP contribution in [0.2, 0.25) is 0 Å². The molecule has 1 atom stereocenters. The molecule has 1 unspecified atom stereocenters. The number of nitrogens with two attached hydrogens (primary N) is 1. The van der Waals surface area contributed by atoms with E-state index in [-0.39, 0.29) is 0 Å². The van der Waals surface area contributed by atoms with Crippen molar-refractivity contribution in [2.45, 2.75) is 43.5 Å². The maximum atomic E-state index is 5.69. The Morgan fingerprint density at radius 1 is 1.39 bits per heavy atom. The lowest BCUT2D eigenvalue weighted by atomic mass is 9.95. The molecule has 0 fully saturated rings. The first-order valence-electron chi connectivity index (χ1n) is 6.64. The van der Waals surface area contributed by atoms with Crippen LogP contribution in [-0.4, -0.2) is 11.8 Å². The maximum Gasteiger partial charge on any atom is 0.0513 e. The molecule has 2 nitrogen and oxygen atoms in total. The van der Waals surface area contributed by atoms with Crippen LogP contribution < -0.4 is 11.3 Å². The molecule has 0 saturated heterocycles. The van der Waals surface area contributed by atoms with Crippen molar-refractivity contribution in [3.05, 3.63) is 41.5 Å². The van der Waals surface area contributed by atoms with Crippen molar-refractivity contribution in [1.82, 2.24) is 5.43 Å². The van der Waals surface area contributed by atoms with Crippen molar-refractivity contribution in [2.75, 3.05) is 5.75 Å². The second-order valence-electron chi connectivity index (χ2n) is 4.87. The molecule has 1 aliphatic carbocycles. The first kappa shape index (κ1) is 13.7. The van der Waals surface area contributed by atoms with E-state index in [1.54, 1.807) is 0 Å². The molecule has 1 aromatic carbocycles. The molecule has 1 aliphatic rings. The number of thioether (sulfide) groups is 1. The van der Waals surface area contributed by atoms with Gasteiger partial charge in [-0.25, -0.2) is 0 Å². The molecule has 0 radical (unpaired) electrons. The number of aryl methyl sites for hydroxylation is 1. The molecule has 3 heteroatoms. The van der Waals surface area contributed by atoms with Gasteiger partial charge in [0.25, 0.3) is 0 Å². The Labute approximate surface area is 114 Å². The summed E-state index contributed by atoms with van der Waals surface area (Å²) in [6.07, 6.45) is 7.40. The van der Waals surface area contributed by atoms with E-state index in [0.717, 1.165) is 5.75 Å². The number of rotatable bonds is 5. The average molecular weight is 262 g/mol. The predicted octanol–water partition coefficient (Wildman–Crippen LogP) is 3.42. The minimum absolute atomic E-state index is 0.316. The summed E-state index contributed by atoms with van der Waals surface area (Å²) < 4.78 is 0. The van der Waals surface area contributed by atoms with Crippen molar-refractivity contribution in [1.29, 1.82) is 0 Å². The predicted molar refractivity (Wildman–Crippen MR) is 79.6 cm³/mol. The Hall–Kier alpha value is -0.770. The Bertz CT molecular complexity index is 415. The summed E-state index contributed by atoms with van der Waals surface area (Å²) in [5, 5.41) is 0. The minimum Gasteiger partial charge on any atom is -0.271 e. The Balaban J connectivity index is 1.92. The van der Waals surface area contributed by atoms with E-state index < -0.39 is 0 Å². The summed E-state index contributed by atoms with van der Waals surface area (Å²) >= 11 is 1.88. The molecular weight excluding hydrogens is 240 g/mol. The molecule has 0 aromatic heterocycles. The smallest absolute Gasteiger partial charge is 0.0513 e. The van der Waals surface area contributed by atoms with Gasteiger partial charge in [0.1, 0.15) is 0 Å². The van der Waals surface area contributed by atoms with Gasteiger partial charge in [0.15, 0.2) is 0 Å². The van der Waals surface area contributed by atoms with Gasteiger partial charge in [-0.2, -0.15) is 0 Å². The molecule has 0 spiro atoms. The SMILES string of the molecule is Cc1cccc(SCC(NN)C2=CCCCC2)c1. The van der Waals surface area contributed by atoms with Gasteiger partial charge >= 0.3 is 0 Å². The van der Waals surface area contributed by atoms with Crippen molar-refractivity contribution < 1.29 is 0 Å². The molecule has 2 rings (SSSR count). The monoisotopic (exact) mass is 262 g/mol. The number of hydrazine groups is 1. The first-order valence-corrected chi connectivity index (χ1v) is 7.62. The third-order valence-electron chi connectivity index (χ3n) is 3.38. The molecule has 0 saturated carbocycles. The molecule has 18 heavy (non-hydrogen) atoms. The molecule has 1 aromatic rings. The summed E-state index contributed by atoms with van der Waals surface area (Å²) in [5.74, 6) is 6.70. The average Bonchev–Trinajstić information content (AvgIpc) is 2.41. The summed E-state index contributed by atoms with van der Waals surface area (Å²) in [6, 6.07) is 8.96. The van der Waals surface area contributed by atoms with E-state index >= 15 is 0 Å². The molecular formula is C15H22N2S. The fraction of sp³-hybridized carbons (Fsp3) is 0.467. The van der Waals surface area contributed by atoms with E-state index in [2.05, 4.69) is 42.7 Å². The highest BCUT2D eigenvalue weighted by atomic mass is 32.2. The van der Waals surface area contributed by atoms with E-state index in [0.29, 0.717) is 6.04 Å². The zero-order chi connectivity index (χ0) is 12.8. The van der Waals surface area contributed by atoms with E-state index in [1.807, 2.05) is 11.8 Å². The Morgan fingerprint density at radius 3 is 2.94 bits per heavy atom. The molecule has 0 aliphatic heterocycles. The van der Waals surface area contributed by atoms with Crippen LogP contribution in [-0.2, 0) is 0 Å². The van der Waals surface area contributed by atoms with Gasteiger partial charge in [-0.05, 0) is 44.7 Å². The summed E-state index contributed by atoms with van der Waals surface area (Å²) in [5.41, 5.74) is 5.77. The van der Waals surface area contributed by atoms with E-state index in [4.69, 9.17) is 5.84 Å². The van der Waals surface area contributed by atoms with Gasteiger partial charge in [0, 0.05) is 10.6 Å². The fourth-order valence-electron chi connectivity index (χ4n) is 2.33. The van der Waals surface area contributed by atoms with E-state index in [9.17, 15) is 0 Å². The highest BCUT2D eigenvalue weighted by Crippen LogP contribution is 2.25. The fourth-order valence-corrected chi connectivity index (χ4v) is 3.44. The van der Waals surface area contributed by atoms with Crippen LogP contribution in [0, 0.1) is 6.92 Å². The van der Waals surface area contributed by atoms with Crippen LogP contribution >= 0.6 is 11.8 Å². The van der Waals surface area contributed by atoms with Crippen LogP contribution in [0.15, 0.2) is 40.8 Å². The van der Waals surface area contributed by atoms with Crippen molar-refractivity contribution >= 4 is 11.8 Å². The number of hydrogen-bond donors (Lipinski definition) is 2. The van der Waals surface area contributed by atoms with Crippen LogP contribution in [0.3, 0.4) is 0 Å². The lowest BCUT2D eigenvalue weighted by Crippen LogP contribution is -2.39. The number of allylic oxidation sites excluding steroid dienone is 1. The number of hydrogen-bond acceptors (Lipinski definition) is 3. The minimum atomic E-state index is 0.316. The third kappa shape index (κ3) is 3.87. The van der Waals surface area contributed by atoms with Crippen molar-refractivity contribution in [3.63, 3.8) is 0 Å². The Morgan fingerprint density at radius 2 is 2.28 bits per heavy atom. The molecule has 0 amide bonds. The third-order valence-corrected chi connectivity index (χ3v) is 4.47. The van der Waals surface area contributed by atoms with Crippen LogP contribution in [0.4, 0.5) is 0 Å². The summed E-state index contributed by atoms with van der Waals surface area (Å²) in [6.45, 7) is 2.13. The lowest BCUT2D eigenvalue weighted by Gasteiger charge is -2.22. The zero-order valence-corrected chi connectivity index (χ0v) is 11.8. The van der Waals surface area contributed by atoms with E-state index in [1.165, 1.54) is 41.7 Å². The Kier molecular flexibility index (Phi) is 5.29. The molecule has 0 heterocycles. The molecule has 3 N–H and O–H groups in total. The largest absolute Gasteiger partial charge is 0.271 e. The summed E-state index contributed by atoms with van der Waals surface area (Å²) in [4.78, 5) is 1.33. The topological polar surface area (TPSA) is 38.0 Å². The van der Waals surface area contributed by atoms with Gasteiger partial charge in [0.05, 0.1) is 6.04 Å². The van der Waals surface area contributed by atoms with Crippen LogP contribution in [0.25, 0.3) is 0 Å². The molecule has 0 bridgehead atoms. The standard InChI is InChI=1S/C15H22N2S/c1-12-6-5-9-14(10-12)18-11-15(17-16)13-7-3-2-4-8-13/h5-7,9-10,15,17H,2-4,8,11,16H2,1H3.